The molecule has 0 fully saturated rings. The molecule has 0 bridgehead atoms. The molecule has 1 amide bonds. The third-order valence-corrected chi connectivity index (χ3v) is 5.50. The summed E-state index contributed by atoms with van der Waals surface area (Å²) >= 11 is 7.27. The van der Waals surface area contributed by atoms with E-state index in [0.29, 0.717) is 23.2 Å². The van der Waals surface area contributed by atoms with Crippen LogP contribution in [-0.4, -0.2) is 39.5 Å². The molecule has 1 heterocycles. The fraction of sp³-hybridized carbons (Fsp3) is 0.238. The number of aromatic nitrogens is 3. The van der Waals surface area contributed by atoms with Gasteiger partial charge in [0.15, 0.2) is 11.0 Å². The third kappa shape index (κ3) is 5.99. The summed E-state index contributed by atoms with van der Waals surface area (Å²) in [7, 11) is 1.27. The lowest BCUT2D eigenvalue weighted by Gasteiger charge is -2.10. The number of esters is 1. The number of halogens is 1. The number of nitrogens with one attached hydrogen (secondary N) is 1. The van der Waals surface area contributed by atoms with Gasteiger partial charge in [0.1, 0.15) is 12.4 Å². The van der Waals surface area contributed by atoms with E-state index in [1.807, 2.05) is 41.8 Å². The Morgan fingerprint density at radius 1 is 1.16 bits per heavy atom. The van der Waals surface area contributed by atoms with Crippen LogP contribution in [0.25, 0.3) is 0 Å². The van der Waals surface area contributed by atoms with Gasteiger partial charge in [0.05, 0.1) is 23.4 Å². The first-order valence-electron chi connectivity index (χ1n) is 9.42. The van der Waals surface area contributed by atoms with Gasteiger partial charge >= 0.3 is 5.97 Å². The molecule has 0 saturated heterocycles. The molecule has 0 aliphatic rings. The SMILES string of the molecule is CCn1c(COc2ccccc2)nnc1SCC(=O)Nc1ccc(Cl)c(C(=O)OC)c1. The maximum Gasteiger partial charge on any atom is 0.339 e. The average Bonchev–Trinajstić information content (AvgIpc) is 3.19. The molecule has 0 atom stereocenters. The van der Waals surface area contributed by atoms with Gasteiger partial charge in [-0.3, -0.25) is 4.79 Å². The van der Waals surface area contributed by atoms with Gasteiger partial charge in [-0.15, -0.1) is 10.2 Å². The van der Waals surface area contributed by atoms with E-state index in [1.54, 1.807) is 6.07 Å². The minimum absolute atomic E-state index is 0.119. The number of carbonyl (C=O) groups is 2. The quantitative estimate of drug-likeness (QED) is 0.380. The first kappa shape index (κ1) is 22.6. The molecular formula is C21H21ClN4O4S. The summed E-state index contributed by atoms with van der Waals surface area (Å²) in [6.45, 7) is 2.89. The van der Waals surface area contributed by atoms with E-state index in [4.69, 9.17) is 16.3 Å². The predicted molar refractivity (Wildman–Crippen MR) is 119 cm³/mol. The molecule has 1 aromatic heterocycles. The monoisotopic (exact) mass is 460 g/mol. The van der Waals surface area contributed by atoms with Gasteiger partial charge in [-0.1, -0.05) is 41.6 Å². The maximum atomic E-state index is 12.4. The maximum absolute atomic E-state index is 12.4. The Bertz CT molecular complexity index is 1060. The normalized spacial score (nSPS) is 10.5. The van der Waals surface area contributed by atoms with E-state index in [9.17, 15) is 9.59 Å². The number of amides is 1. The summed E-state index contributed by atoms with van der Waals surface area (Å²) in [5, 5.41) is 12.0. The minimum atomic E-state index is -0.572. The average molecular weight is 461 g/mol. The van der Waals surface area contributed by atoms with Crippen molar-refractivity contribution in [2.24, 2.45) is 0 Å². The molecular weight excluding hydrogens is 440 g/mol. The van der Waals surface area contributed by atoms with Gasteiger partial charge in [0, 0.05) is 12.2 Å². The molecule has 0 aliphatic heterocycles. The number of rotatable bonds is 9. The zero-order valence-corrected chi connectivity index (χ0v) is 18.6. The van der Waals surface area contributed by atoms with Crippen molar-refractivity contribution in [3.8, 4) is 5.75 Å². The van der Waals surface area contributed by atoms with Crippen molar-refractivity contribution < 1.29 is 19.1 Å². The summed E-state index contributed by atoms with van der Waals surface area (Å²) in [5.41, 5.74) is 0.632. The fourth-order valence-corrected chi connectivity index (χ4v) is 3.73. The number of hydrogen-bond donors (Lipinski definition) is 1. The van der Waals surface area contributed by atoms with Crippen molar-refractivity contribution >= 4 is 40.9 Å². The topological polar surface area (TPSA) is 95.3 Å². The van der Waals surface area contributed by atoms with Gasteiger partial charge in [0.25, 0.3) is 0 Å². The van der Waals surface area contributed by atoms with Gasteiger partial charge in [-0.2, -0.15) is 0 Å². The molecule has 3 aromatic rings. The first-order valence-corrected chi connectivity index (χ1v) is 10.8. The summed E-state index contributed by atoms with van der Waals surface area (Å²) in [6.07, 6.45) is 0. The van der Waals surface area contributed by atoms with Crippen LogP contribution in [-0.2, 0) is 22.7 Å². The number of methoxy groups -OCH3 is 1. The molecule has 162 valence electrons. The van der Waals surface area contributed by atoms with E-state index in [1.165, 1.54) is 31.0 Å². The Labute approximate surface area is 188 Å². The second-order valence-electron chi connectivity index (χ2n) is 6.27. The van der Waals surface area contributed by atoms with Gasteiger partial charge in [-0.05, 0) is 37.3 Å². The number of benzene rings is 2. The summed E-state index contributed by atoms with van der Waals surface area (Å²) in [4.78, 5) is 24.1. The summed E-state index contributed by atoms with van der Waals surface area (Å²) in [5.74, 6) is 0.715. The molecule has 0 saturated carbocycles. The smallest absolute Gasteiger partial charge is 0.339 e. The standard InChI is InChI=1S/C21H21ClN4O4S/c1-3-26-18(12-30-15-7-5-4-6-8-15)24-25-21(26)31-13-19(27)23-14-9-10-17(22)16(11-14)20(28)29-2/h4-11H,3,12-13H2,1-2H3,(H,23,27). The van der Waals surface area contributed by atoms with Gasteiger partial charge < -0.3 is 19.4 Å². The lowest BCUT2D eigenvalue weighted by Crippen LogP contribution is -2.15. The molecule has 1 N–H and O–H groups in total. The lowest BCUT2D eigenvalue weighted by atomic mass is 10.2. The number of nitrogens with zero attached hydrogens (tertiary/aromatic N) is 3. The Hall–Kier alpha value is -3.04. The molecule has 0 spiro atoms. The number of carbonyl (C=O) groups excluding carboxylic acids is 2. The van der Waals surface area contributed by atoms with Crippen LogP contribution in [0.3, 0.4) is 0 Å². The Balaban J connectivity index is 1.59. The Kier molecular flexibility index (Phi) is 7.91. The number of anilines is 1. The van der Waals surface area contributed by atoms with E-state index in [-0.39, 0.29) is 28.9 Å². The highest BCUT2D eigenvalue weighted by atomic mass is 35.5. The fourth-order valence-electron chi connectivity index (χ4n) is 2.71. The van der Waals surface area contributed by atoms with Crippen LogP contribution in [0, 0.1) is 0 Å². The van der Waals surface area contributed by atoms with Crippen LogP contribution in [0.4, 0.5) is 5.69 Å². The number of para-hydroxylation sites is 1. The predicted octanol–water partition coefficient (Wildman–Crippen LogP) is 4.05. The summed E-state index contributed by atoms with van der Waals surface area (Å²) < 4.78 is 12.3. The first-order chi connectivity index (χ1) is 15.0. The highest BCUT2D eigenvalue weighted by molar-refractivity contribution is 7.99. The van der Waals surface area contributed by atoms with Crippen molar-refractivity contribution in [1.82, 2.24) is 14.8 Å². The van der Waals surface area contributed by atoms with Crippen molar-refractivity contribution in [3.05, 3.63) is 64.9 Å². The number of ether oxygens (including phenoxy) is 2. The molecule has 31 heavy (non-hydrogen) atoms. The minimum Gasteiger partial charge on any atom is -0.486 e. The van der Waals surface area contributed by atoms with Crippen molar-refractivity contribution in [3.63, 3.8) is 0 Å². The van der Waals surface area contributed by atoms with E-state index < -0.39 is 5.97 Å². The molecule has 2 aromatic carbocycles. The second-order valence-corrected chi connectivity index (χ2v) is 7.62. The third-order valence-electron chi connectivity index (χ3n) is 4.21. The Morgan fingerprint density at radius 2 is 1.94 bits per heavy atom. The highest BCUT2D eigenvalue weighted by Crippen LogP contribution is 2.23. The molecule has 0 aliphatic carbocycles. The number of thioether (sulfide) groups is 1. The Morgan fingerprint density at radius 3 is 2.65 bits per heavy atom. The van der Waals surface area contributed by atoms with Crippen LogP contribution in [0.2, 0.25) is 5.02 Å². The molecule has 10 heteroatoms. The van der Waals surface area contributed by atoms with E-state index in [0.717, 1.165) is 5.75 Å². The molecule has 0 unspecified atom stereocenters. The molecule has 0 radical (unpaired) electrons. The largest absolute Gasteiger partial charge is 0.486 e. The van der Waals surface area contributed by atoms with Crippen molar-refractivity contribution in [1.29, 1.82) is 0 Å². The van der Waals surface area contributed by atoms with Crippen molar-refractivity contribution in [2.75, 3.05) is 18.2 Å². The zero-order chi connectivity index (χ0) is 22.2. The van der Waals surface area contributed by atoms with Crippen molar-refractivity contribution in [2.45, 2.75) is 25.2 Å². The highest BCUT2D eigenvalue weighted by Gasteiger charge is 2.15. The number of hydrogen-bond acceptors (Lipinski definition) is 7. The van der Waals surface area contributed by atoms with Gasteiger partial charge in [0.2, 0.25) is 5.91 Å². The second kappa shape index (κ2) is 10.8. The molecule has 8 nitrogen and oxygen atoms in total. The van der Waals surface area contributed by atoms with E-state index in [2.05, 4.69) is 20.3 Å². The molecule has 3 rings (SSSR count). The van der Waals surface area contributed by atoms with Crippen LogP contribution < -0.4 is 10.1 Å². The summed E-state index contributed by atoms with van der Waals surface area (Å²) in [6, 6.07) is 14.1. The lowest BCUT2D eigenvalue weighted by molar-refractivity contribution is -0.113. The van der Waals surface area contributed by atoms with E-state index >= 15 is 0 Å². The van der Waals surface area contributed by atoms with Crippen LogP contribution in [0.15, 0.2) is 53.7 Å². The van der Waals surface area contributed by atoms with Gasteiger partial charge in [-0.25, -0.2) is 4.79 Å². The van der Waals surface area contributed by atoms with Crippen LogP contribution in [0.1, 0.15) is 23.1 Å². The van der Waals surface area contributed by atoms with Crippen LogP contribution >= 0.6 is 23.4 Å². The zero-order valence-electron chi connectivity index (χ0n) is 17.0. The van der Waals surface area contributed by atoms with Crippen LogP contribution in [0.5, 0.6) is 5.75 Å².